The van der Waals surface area contributed by atoms with Crippen LogP contribution in [0.5, 0.6) is 0 Å². The number of piperidine rings is 1. The topological polar surface area (TPSA) is 96.0 Å². The average molecular weight is 413 g/mol. The molecular weight excluding hydrogens is 386 g/mol. The van der Waals surface area contributed by atoms with E-state index in [4.69, 9.17) is 4.74 Å². The lowest BCUT2D eigenvalue weighted by Gasteiger charge is -2.29. The van der Waals surface area contributed by atoms with Crippen LogP contribution in [0.1, 0.15) is 74.0 Å². The van der Waals surface area contributed by atoms with E-state index in [1.807, 2.05) is 32.9 Å². The molecule has 0 radical (unpaired) electrons. The summed E-state index contributed by atoms with van der Waals surface area (Å²) in [4.78, 5) is 52.4. The van der Waals surface area contributed by atoms with Crippen LogP contribution in [0.15, 0.2) is 18.2 Å². The standard InChI is InChI=1S/C22H27N3O5/c1-22(2,3)30-21(29)24-10-4-5-16(24)13-6-7-15-14(11-13)12-25(20(15)28)17-8-9-18(26)23-19(17)27/h6-7,11,16-17H,4-5,8-10,12H2,1-3H3,(H,23,26,27). The Labute approximate surface area is 175 Å². The van der Waals surface area contributed by atoms with Gasteiger partial charge in [-0.3, -0.25) is 19.7 Å². The number of imide groups is 1. The molecule has 1 aromatic rings. The van der Waals surface area contributed by atoms with Crippen LogP contribution in [0.3, 0.4) is 0 Å². The average Bonchev–Trinajstić information content (AvgIpc) is 3.25. The van der Waals surface area contributed by atoms with Gasteiger partial charge in [-0.15, -0.1) is 0 Å². The van der Waals surface area contributed by atoms with Crippen molar-refractivity contribution in [1.29, 1.82) is 0 Å². The van der Waals surface area contributed by atoms with Gasteiger partial charge in [0.2, 0.25) is 11.8 Å². The molecule has 8 nitrogen and oxygen atoms in total. The summed E-state index contributed by atoms with van der Waals surface area (Å²) in [6.07, 6.45) is 1.97. The smallest absolute Gasteiger partial charge is 0.410 e. The third kappa shape index (κ3) is 3.78. The Balaban J connectivity index is 1.53. The van der Waals surface area contributed by atoms with Gasteiger partial charge in [-0.05, 0) is 57.2 Å². The third-order valence-electron chi connectivity index (χ3n) is 5.81. The largest absolute Gasteiger partial charge is 0.444 e. The van der Waals surface area contributed by atoms with E-state index in [2.05, 4.69) is 5.32 Å². The molecule has 0 bridgehead atoms. The summed E-state index contributed by atoms with van der Waals surface area (Å²) in [5.41, 5.74) is 1.83. The molecule has 160 valence electrons. The molecular formula is C22H27N3O5. The lowest BCUT2D eigenvalue weighted by molar-refractivity contribution is -0.136. The maximum atomic E-state index is 12.9. The number of ether oxygens (including phenoxy) is 1. The summed E-state index contributed by atoms with van der Waals surface area (Å²) in [7, 11) is 0. The molecule has 0 saturated carbocycles. The zero-order valence-corrected chi connectivity index (χ0v) is 17.6. The minimum Gasteiger partial charge on any atom is -0.444 e. The molecule has 0 spiro atoms. The fourth-order valence-electron chi connectivity index (χ4n) is 4.45. The van der Waals surface area contributed by atoms with Crippen molar-refractivity contribution in [2.75, 3.05) is 6.54 Å². The number of fused-ring (bicyclic) bond motifs is 1. The summed E-state index contributed by atoms with van der Waals surface area (Å²) >= 11 is 0. The normalized spacial score (nSPS) is 24.2. The van der Waals surface area contributed by atoms with Crippen molar-refractivity contribution in [3.8, 4) is 0 Å². The molecule has 4 rings (SSSR count). The SMILES string of the molecule is CC(C)(C)OC(=O)N1CCCC1c1ccc2c(c1)CN(C1CCC(=O)NC1=O)C2=O. The van der Waals surface area contributed by atoms with Crippen molar-refractivity contribution in [2.24, 2.45) is 0 Å². The number of carbonyl (C=O) groups excluding carboxylic acids is 4. The van der Waals surface area contributed by atoms with Crippen molar-refractivity contribution in [3.05, 3.63) is 34.9 Å². The second-order valence-electron chi connectivity index (χ2n) is 9.15. The van der Waals surface area contributed by atoms with Gasteiger partial charge in [-0.25, -0.2) is 4.79 Å². The predicted molar refractivity (Wildman–Crippen MR) is 107 cm³/mol. The highest BCUT2D eigenvalue weighted by Gasteiger charge is 2.40. The highest BCUT2D eigenvalue weighted by atomic mass is 16.6. The first-order valence-electron chi connectivity index (χ1n) is 10.4. The van der Waals surface area contributed by atoms with Crippen LogP contribution in [0.25, 0.3) is 0 Å². The molecule has 0 aliphatic carbocycles. The Kier molecular flexibility index (Phi) is 5.03. The molecule has 8 heteroatoms. The van der Waals surface area contributed by atoms with Crippen molar-refractivity contribution in [1.82, 2.24) is 15.1 Å². The summed E-state index contributed by atoms with van der Waals surface area (Å²) in [5.74, 6) is -0.910. The van der Waals surface area contributed by atoms with Gasteiger partial charge in [0.1, 0.15) is 11.6 Å². The number of carbonyl (C=O) groups is 4. The molecule has 3 aliphatic heterocycles. The fourth-order valence-corrected chi connectivity index (χ4v) is 4.45. The quantitative estimate of drug-likeness (QED) is 0.752. The summed E-state index contributed by atoms with van der Waals surface area (Å²) in [5, 5.41) is 2.32. The number of hydrogen-bond donors (Lipinski definition) is 1. The molecule has 2 saturated heterocycles. The molecule has 1 aromatic carbocycles. The molecule has 1 N–H and O–H groups in total. The van der Waals surface area contributed by atoms with E-state index in [0.717, 1.165) is 24.0 Å². The number of rotatable bonds is 2. The van der Waals surface area contributed by atoms with Gasteiger partial charge in [0.25, 0.3) is 5.91 Å². The van der Waals surface area contributed by atoms with Gasteiger partial charge in [-0.1, -0.05) is 12.1 Å². The zero-order valence-electron chi connectivity index (χ0n) is 17.6. The van der Waals surface area contributed by atoms with Gasteiger partial charge in [0.15, 0.2) is 0 Å². The molecule has 3 heterocycles. The predicted octanol–water partition coefficient (Wildman–Crippen LogP) is 2.52. The van der Waals surface area contributed by atoms with Crippen LogP contribution < -0.4 is 5.32 Å². The molecule has 30 heavy (non-hydrogen) atoms. The van der Waals surface area contributed by atoms with Gasteiger partial charge >= 0.3 is 6.09 Å². The van der Waals surface area contributed by atoms with Gasteiger partial charge in [0, 0.05) is 25.1 Å². The van der Waals surface area contributed by atoms with E-state index in [9.17, 15) is 19.2 Å². The maximum Gasteiger partial charge on any atom is 0.410 e. The highest BCUT2D eigenvalue weighted by Crippen LogP contribution is 2.36. The Morgan fingerprint density at radius 3 is 2.60 bits per heavy atom. The zero-order chi connectivity index (χ0) is 21.6. The van der Waals surface area contributed by atoms with Crippen molar-refractivity contribution < 1.29 is 23.9 Å². The molecule has 0 aromatic heterocycles. The van der Waals surface area contributed by atoms with E-state index in [1.54, 1.807) is 11.0 Å². The summed E-state index contributed by atoms with van der Waals surface area (Å²) in [6.45, 7) is 6.51. The fraction of sp³-hybridized carbons (Fsp3) is 0.545. The van der Waals surface area contributed by atoms with Crippen LogP contribution in [-0.2, 0) is 20.9 Å². The monoisotopic (exact) mass is 413 g/mol. The molecule has 2 unspecified atom stereocenters. The lowest BCUT2D eigenvalue weighted by atomic mass is 9.99. The molecule has 2 atom stereocenters. The van der Waals surface area contributed by atoms with E-state index in [1.165, 1.54) is 4.90 Å². The maximum absolute atomic E-state index is 12.9. The van der Waals surface area contributed by atoms with E-state index in [-0.39, 0.29) is 30.4 Å². The summed E-state index contributed by atoms with van der Waals surface area (Å²) < 4.78 is 5.55. The molecule has 4 amide bonds. The second kappa shape index (κ2) is 7.41. The molecule has 2 fully saturated rings. The minimum absolute atomic E-state index is 0.0927. The lowest BCUT2D eigenvalue weighted by Crippen LogP contribution is -2.52. The van der Waals surface area contributed by atoms with Crippen molar-refractivity contribution in [3.63, 3.8) is 0 Å². The Bertz CT molecular complexity index is 920. The van der Waals surface area contributed by atoms with Crippen LogP contribution >= 0.6 is 0 Å². The highest BCUT2D eigenvalue weighted by molar-refractivity contribution is 6.05. The van der Waals surface area contributed by atoms with Gasteiger partial charge < -0.3 is 14.5 Å². The summed E-state index contributed by atoms with van der Waals surface area (Å²) in [6, 6.07) is 4.91. The Morgan fingerprint density at radius 2 is 1.90 bits per heavy atom. The Morgan fingerprint density at radius 1 is 1.13 bits per heavy atom. The van der Waals surface area contributed by atoms with E-state index < -0.39 is 17.6 Å². The van der Waals surface area contributed by atoms with Crippen LogP contribution in [-0.4, -0.2) is 51.8 Å². The van der Waals surface area contributed by atoms with Crippen LogP contribution in [0.2, 0.25) is 0 Å². The number of nitrogens with one attached hydrogen (secondary N) is 1. The van der Waals surface area contributed by atoms with Gasteiger partial charge in [0.05, 0.1) is 6.04 Å². The number of amides is 4. The van der Waals surface area contributed by atoms with Crippen molar-refractivity contribution in [2.45, 2.75) is 70.7 Å². The van der Waals surface area contributed by atoms with Crippen LogP contribution in [0.4, 0.5) is 4.79 Å². The van der Waals surface area contributed by atoms with E-state index >= 15 is 0 Å². The molecule has 3 aliphatic rings. The van der Waals surface area contributed by atoms with Crippen molar-refractivity contribution >= 4 is 23.8 Å². The first kappa shape index (κ1) is 20.4. The number of benzene rings is 1. The number of likely N-dealkylation sites (tertiary alicyclic amines) is 1. The van der Waals surface area contributed by atoms with E-state index in [0.29, 0.717) is 25.1 Å². The first-order chi connectivity index (χ1) is 14.1. The number of hydrogen-bond acceptors (Lipinski definition) is 5. The minimum atomic E-state index is -0.629. The van der Waals surface area contributed by atoms with Gasteiger partial charge in [-0.2, -0.15) is 0 Å². The third-order valence-corrected chi connectivity index (χ3v) is 5.81. The Hall–Kier alpha value is -2.90. The second-order valence-corrected chi connectivity index (χ2v) is 9.15. The van der Waals surface area contributed by atoms with Crippen LogP contribution in [0, 0.1) is 0 Å². The first-order valence-corrected chi connectivity index (χ1v) is 10.4. The number of nitrogens with zero attached hydrogens (tertiary/aromatic N) is 2.